The molecular formula is C27H25N5O2. The van der Waals surface area contributed by atoms with Gasteiger partial charge < -0.3 is 14.4 Å². The van der Waals surface area contributed by atoms with Gasteiger partial charge in [0.05, 0.1) is 30.6 Å². The lowest BCUT2D eigenvalue weighted by atomic mass is 10.0. The molecule has 6 rings (SSSR count). The van der Waals surface area contributed by atoms with Gasteiger partial charge in [0.15, 0.2) is 0 Å². The number of nitrogens with zero attached hydrogens (tertiary/aromatic N) is 5. The van der Waals surface area contributed by atoms with Crippen molar-refractivity contribution < 1.29 is 9.47 Å². The highest BCUT2D eigenvalue weighted by molar-refractivity contribution is 5.92. The third-order valence-electron chi connectivity index (χ3n) is 6.35. The molecule has 0 N–H and O–H groups in total. The highest BCUT2D eigenvalue weighted by Crippen LogP contribution is 2.35. The zero-order valence-corrected chi connectivity index (χ0v) is 19.5. The first-order valence-corrected chi connectivity index (χ1v) is 11.4. The molecule has 0 amide bonds. The van der Waals surface area contributed by atoms with Crippen LogP contribution in [-0.4, -0.2) is 40.9 Å². The summed E-state index contributed by atoms with van der Waals surface area (Å²) >= 11 is 0. The van der Waals surface area contributed by atoms with E-state index < -0.39 is 0 Å². The van der Waals surface area contributed by atoms with Crippen molar-refractivity contribution in [1.29, 1.82) is 0 Å². The van der Waals surface area contributed by atoms with Crippen molar-refractivity contribution in [3.8, 4) is 22.6 Å². The van der Waals surface area contributed by atoms with Crippen molar-refractivity contribution in [3.63, 3.8) is 0 Å². The number of pyridine rings is 1. The molecular weight excluding hydrogens is 426 g/mol. The Morgan fingerprint density at radius 2 is 1.91 bits per heavy atom. The van der Waals surface area contributed by atoms with E-state index in [1.54, 1.807) is 7.11 Å². The van der Waals surface area contributed by atoms with Crippen LogP contribution in [0, 0.1) is 6.92 Å². The SMILES string of the molecule is COc1ccc2c(N3CCOc4ccc(-c5cnc6c(c5)N=C(C)C6)cc4C3)nc(C)nc2c1. The fraction of sp³-hybridized carbons (Fsp3) is 0.259. The zero-order chi connectivity index (χ0) is 23.2. The summed E-state index contributed by atoms with van der Waals surface area (Å²) in [6.45, 7) is 5.98. The van der Waals surface area contributed by atoms with E-state index in [1.165, 1.54) is 0 Å². The Hall–Kier alpha value is -4.00. The molecule has 0 saturated heterocycles. The third kappa shape index (κ3) is 3.63. The summed E-state index contributed by atoms with van der Waals surface area (Å²) in [5, 5.41) is 1.00. The van der Waals surface area contributed by atoms with Crippen LogP contribution < -0.4 is 14.4 Å². The lowest BCUT2D eigenvalue weighted by Crippen LogP contribution is -2.26. The topological polar surface area (TPSA) is 72.7 Å². The minimum atomic E-state index is 0.585. The van der Waals surface area contributed by atoms with Crippen LogP contribution in [0.1, 0.15) is 24.0 Å². The van der Waals surface area contributed by atoms with Crippen LogP contribution in [0.2, 0.25) is 0 Å². The van der Waals surface area contributed by atoms with E-state index in [2.05, 4.69) is 44.1 Å². The van der Waals surface area contributed by atoms with E-state index in [1.807, 2.05) is 38.2 Å². The highest BCUT2D eigenvalue weighted by atomic mass is 16.5. The molecule has 0 spiro atoms. The smallest absolute Gasteiger partial charge is 0.140 e. The van der Waals surface area contributed by atoms with Crippen molar-refractivity contribution in [2.24, 2.45) is 4.99 Å². The average molecular weight is 452 g/mol. The Morgan fingerprint density at radius 3 is 2.79 bits per heavy atom. The van der Waals surface area contributed by atoms with E-state index in [4.69, 9.17) is 14.5 Å². The average Bonchev–Trinajstić information content (AvgIpc) is 3.08. The number of fused-ring (bicyclic) bond motifs is 3. The van der Waals surface area contributed by atoms with Crippen LogP contribution in [0.15, 0.2) is 53.7 Å². The number of aryl methyl sites for hydroxylation is 1. The summed E-state index contributed by atoms with van der Waals surface area (Å²) in [5.41, 5.74) is 7.29. The van der Waals surface area contributed by atoms with Gasteiger partial charge >= 0.3 is 0 Å². The third-order valence-corrected chi connectivity index (χ3v) is 6.35. The largest absolute Gasteiger partial charge is 0.497 e. The van der Waals surface area contributed by atoms with Gasteiger partial charge in [0, 0.05) is 47.5 Å². The van der Waals surface area contributed by atoms with Crippen molar-refractivity contribution in [2.75, 3.05) is 25.2 Å². The van der Waals surface area contributed by atoms with Crippen LogP contribution in [0.5, 0.6) is 11.5 Å². The molecule has 2 aliphatic rings. The molecule has 0 bridgehead atoms. The van der Waals surface area contributed by atoms with Gasteiger partial charge in [-0.1, -0.05) is 6.07 Å². The van der Waals surface area contributed by atoms with Gasteiger partial charge in [0.1, 0.15) is 29.7 Å². The molecule has 2 aromatic carbocycles. The molecule has 4 heterocycles. The predicted molar refractivity (Wildman–Crippen MR) is 134 cm³/mol. The van der Waals surface area contributed by atoms with Gasteiger partial charge in [0.2, 0.25) is 0 Å². The second-order valence-electron chi connectivity index (χ2n) is 8.78. The summed E-state index contributed by atoms with van der Waals surface area (Å²) in [7, 11) is 1.67. The van der Waals surface area contributed by atoms with Gasteiger partial charge in [-0.25, -0.2) is 9.97 Å². The number of benzene rings is 2. The minimum absolute atomic E-state index is 0.585. The number of anilines is 1. The van der Waals surface area contributed by atoms with Crippen LogP contribution in [0.3, 0.4) is 0 Å². The Kier molecular flexibility index (Phi) is 4.90. The van der Waals surface area contributed by atoms with Crippen molar-refractivity contribution in [2.45, 2.75) is 26.8 Å². The first-order valence-electron chi connectivity index (χ1n) is 11.4. The van der Waals surface area contributed by atoms with Gasteiger partial charge in [-0.05, 0) is 49.7 Å². The number of hydrogen-bond acceptors (Lipinski definition) is 7. The van der Waals surface area contributed by atoms with Crippen molar-refractivity contribution in [3.05, 3.63) is 65.7 Å². The number of ether oxygens (including phenoxy) is 2. The summed E-state index contributed by atoms with van der Waals surface area (Å²) in [6, 6.07) is 14.4. The second-order valence-corrected chi connectivity index (χ2v) is 8.78. The maximum Gasteiger partial charge on any atom is 0.140 e. The number of rotatable bonds is 3. The highest BCUT2D eigenvalue weighted by Gasteiger charge is 2.21. The molecule has 7 nitrogen and oxygen atoms in total. The van der Waals surface area contributed by atoms with E-state index in [-0.39, 0.29) is 0 Å². The van der Waals surface area contributed by atoms with Crippen LogP contribution in [0.25, 0.3) is 22.0 Å². The maximum absolute atomic E-state index is 6.12. The summed E-state index contributed by atoms with van der Waals surface area (Å²) in [6.07, 6.45) is 2.78. The molecule has 2 aliphatic heterocycles. The Labute approximate surface area is 198 Å². The van der Waals surface area contributed by atoms with Crippen LogP contribution in [0.4, 0.5) is 11.5 Å². The van der Waals surface area contributed by atoms with E-state index in [9.17, 15) is 0 Å². The molecule has 7 heteroatoms. The lowest BCUT2D eigenvalue weighted by molar-refractivity contribution is 0.331. The lowest BCUT2D eigenvalue weighted by Gasteiger charge is -2.23. The maximum atomic E-state index is 6.12. The molecule has 2 aromatic heterocycles. The van der Waals surface area contributed by atoms with Gasteiger partial charge in [-0.3, -0.25) is 9.98 Å². The van der Waals surface area contributed by atoms with Gasteiger partial charge in [0.25, 0.3) is 0 Å². The normalized spacial score (nSPS) is 14.8. The van der Waals surface area contributed by atoms with E-state index in [0.29, 0.717) is 13.2 Å². The van der Waals surface area contributed by atoms with Gasteiger partial charge in [-0.15, -0.1) is 0 Å². The second kappa shape index (κ2) is 8.09. The molecule has 170 valence electrons. The summed E-state index contributed by atoms with van der Waals surface area (Å²) in [4.78, 5) is 21.0. The number of aromatic nitrogens is 3. The Balaban J connectivity index is 1.38. The summed E-state index contributed by atoms with van der Waals surface area (Å²) in [5.74, 6) is 3.34. The Bertz CT molecular complexity index is 1460. The zero-order valence-electron chi connectivity index (χ0n) is 19.5. The van der Waals surface area contributed by atoms with Crippen LogP contribution in [-0.2, 0) is 13.0 Å². The number of methoxy groups -OCH3 is 1. The molecule has 0 aliphatic carbocycles. The predicted octanol–water partition coefficient (Wildman–Crippen LogP) is 5.06. The quantitative estimate of drug-likeness (QED) is 0.434. The number of hydrogen-bond donors (Lipinski definition) is 0. The molecule has 0 unspecified atom stereocenters. The van der Waals surface area contributed by atoms with Crippen molar-refractivity contribution in [1.82, 2.24) is 15.0 Å². The molecule has 0 fully saturated rings. The van der Waals surface area contributed by atoms with E-state index in [0.717, 1.165) is 80.8 Å². The molecule has 4 aromatic rings. The first-order chi connectivity index (χ1) is 16.6. The molecule has 34 heavy (non-hydrogen) atoms. The molecule has 0 saturated carbocycles. The molecule has 0 radical (unpaired) electrons. The number of aliphatic imine (C=N–C) groups is 1. The van der Waals surface area contributed by atoms with Crippen LogP contribution >= 0.6 is 0 Å². The van der Waals surface area contributed by atoms with Crippen molar-refractivity contribution >= 4 is 28.1 Å². The fourth-order valence-electron chi connectivity index (χ4n) is 4.69. The monoisotopic (exact) mass is 451 g/mol. The first kappa shape index (κ1) is 20.6. The standard InChI is InChI=1S/C27H25N5O2/c1-16-10-24-25(29-16)12-19(14-28-24)18-4-7-26-20(11-18)15-32(8-9-34-26)27-22-6-5-21(33-3)13-23(22)30-17(2)31-27/h4-7,11-14H,8-10,15H2,1-3H3. The summed E-state index contributed by atoms with van der Waals surface area (Å²) < 4.78 is 11.5. The minimum Gasteiger partial charge on any atom is -0.497 e. The van der Waals surface area contributed by atoms with E-state index >= 15 is 0 Å². The fourth-order valence-corrected chi connectivity index (χ4v) is 4.69. The van der Waals surface area contributed by atoms with Gasteiger partial charge in [-0.2, -0.15) is 0 Å². The Morgan fingerprint density at radius 1 is 1.00 bits per heavy atom. The molecule has 0 atom stereocenters.